The van der Waals surface area contributed by atoms with E-state index < -0.39 is 27.2 Å². The van der Waals surface area contributed by atoms with Gasteiger partial charge in [0.1, 0.15) is 0 Å². The lowest BCUT2D eigenvalue weighted by atomic mass is 9.84. The van der Waals surface area contributed by atoms with Crippen LogP contribution in [0.5, 0.6) is 0 Å². The molecule has 0 aromatic carbocycles. The summed E-state index contributed by atoms with van der Waals surface area (Å²) in [6.45, 7) is 0.812. The number of sulfonamides is 1. The van der Waals surface area contributed by atoms with Crippen molar-refractivity contribution < 1.29 is 23.4 Å². The fraction of sp³-hybridized carbons (Fsp3) is 0.529. The molecule has 28 heavy (non-hydrogen) atoms. The summed E-state index contributed by atoms with van der Waals surface area (Å²) in [5.74, 6) is -1.31. The second-order valence-corrected chi connectivity index (χ2v) is 9.62. The number of amidine groups is 1. The fourth-order valence-electron chi connectivity index (χ4n) is 4.40. The van der Waals surface area contributed by atoms with Crippen LogP contribution in [0.15, 0.2) is 23.0 Å². The van der Waals surface area contributed by atoms with Gasteiger partial charge in [0.15, 0.2) is 0 Å². The lowest BCUT2D eigenvalue weighted by Crippen LogP contribution is -2.71. The largest absolute Gasteiger partial charge is 0.417 e. The van der Waals surface area contributed by atoms with Gasteiger partial charge in [-0.25, -0.2) is 18.1 Å². The number of imide groups is 1. The summed E-state index contributed by atoms with van der Waals surface area (Å²) in [6, 6.07) is 4.34. The molecule has 11 heteroatoms. The van der Waals surface area contributed by atoms with Gasteiger partial charge in [-0.05, 0) is 18.4 Å². The van der Waals surface area contributed by atoms with Crippen molar-refractivity contribution in [2.24, 2.45) is 5.92 Å². The van der Waals surface area contributed by atoms with E-state index in [1.54, 1.807) is 10.6 Å². The van der Waals surface area contributed by atoms with Crippen LogP contribution in [0.25, 0.3) is 0 Å². The minimum atomic E-state index is -4.13. The Balaban J connectivity index is 1.68. The molecule has 0 saturated carbocycles. The maximum absolute atomic E-state index is 13.3. The van der Waals surface area contributed by atoms with Crippen molar-refractivity contribution in [2.75, 3.05) is 27.2 Å². The predicted octanol–water partition coefficient (Wildman–Crippen LogP) is -2.35. The second kappa shape index (κ2) is 6.24. The monoisotopic (exact) mass is 408 g/mol. The second-order valence-electron chi connectivity index (χ2n) is 7.60. The summed E-state index contributed by atoms with van der Waals surface area (Å²) in [7, 11) is -1.54. The Morgan fingerprint density at radius 2 is 1.75 bits per heavy atom. The third kappa shape index (κ3) is 2.60. The van der Waals surface area contributed by atoms with Crippen LogP contribution < -0.4 is 11.0 Å². The average Bonchev–Trinajstić information content (AvgIpc) is 2.65. The van der Waals surface area contributed by atoms with Gasteiger partial charge in [0.05, 0.1) is 7.05 Å². The highest BCUT2D eigenvalue weighted by atomic mass is 32.2. The number of aromatic nitrogens is 1. The highest BCUT2D eigenvalue weighted by Crippen LogP contribution is 2.37. The minimum Gasteiger partial charge on any atom is -0.312 e. The van der Waals surface area contributed by atoms with E-state index in [0.29, 0.717) is 6.54 Å². The molecule has 0 aliphatic carbocycles. The van der Waals surface area contributed by atoms with Gasteiger partial charge < -0.3 is 4.57 Å². The van der Waals surface area contributed by atoms with Gasteiger partial charge in [-0.3, -0.25) is 15.0 Å². The van der Waals surface area contributed by atoms with E-state index in [4.69, 9.17) is 5.41 Å². The number of fused-ring (bicyclic) bond motifs is 4. The van der Waals surface area contributed by atoms with Gasteiger partial charge in [-0.15, -0.1) is 0 Å². The summed E-state index contributed by atoms with van der Waals surface area (Å²) in [5, 5.41) is 4.27. The number of carbonyl (C=O) groups is 2. The number of urea groups is 1. The quantitative estimate of drug-likeness (QED) is 0.586. The van der Waals surface area contributed by atoms with Crippen molar-refractivity contribution >= 4 is 27.8 Å². The number of pyridine rings is 1. The summed E-state index contributed by atoms with van der Waals surface area (Å²) < 4.78 is 29.7. The molecule has 1 aromatic rings. The molecule has 150 valence electrons. The van der Waals surface area contributed by atoms with Crippen LogP contribution in [0.2, 0.25) is 0 Å². The molecular weight excluding hydrogens is 386 g/mol. The van der Waals surface area contributed by atoms with Crippen molar-refractivity contribution in [3.8, 4) is 0 Å². The molecule has 3 atom stereocenters. The number of carbonyl (C=O) groups excluding carboxylic acids is 2. The number of nitrogens with two attached hydrogens (primary N) is 1. The summed E-state index contributed by atoms with van der Waals surface area (Å²) >= 11 is 0. The molecule has 3 aliphatic heterocycles. The third-order valence-corrected chi connectivity index (χ3v) is 7.95. The zero-order valence-corrected chi connectivity index (χ0v) is 16.4. The molecule has 4 heterocycles. The number of hydrogen-bond acceptors (Lipinski definition) is 5. The molecule has 1 aromatic heterocycles. The maximum Gasteiger partial charge on any atom is 0.417 e. The molecule has 3 unspecified atom stereocenters. The third-order valence-electron chi connectivity index (χ3n) is 5.89. The van der Waals surface area contributed by atoms with Crippen LogP contribution in [0, 0.1) is 5.92 Å². The first kappa shape index (κ1) is 18.8. The molecular formula is C17H22N5O5S+. The van der Waals surface area contributed by atoms with E-state index in [0.717, 1.165) is 21.9 Å². The summed E-state index contributed by atoms with van der Waals surface area (Å²) in [4.78, 5) is 38.5. The predicted molar refractivity (Wildman–Crippen MR) is 98.7 cm³/mol. The Labute approximate surface area is 161 Å². The van der Waals surface area contributed by atoms with Crippen molar-refractivity contribution in [3.63, 3.8) is 0 Å². The van der Waals surface area contributed by atoms with Crippen LogP contribution in [-0.2, 0) is 21.4 Å². The van der Waals surface area contributed by atoms with Crippen molar-refractivity contribution in [2.45, 2.75) is 24.1 Å². The van der Waals surface area contributed by atoms with Gasteiger partial charge in [-0.1, -0.05) is 6.07 Å². The van der Waals surface area contributed by atoms with Gasteiger partial charge >= 0.3 is 6.03 Å². The zero-order chi connectivity index (χ0) is 20.4. The Morgan fingerprint density at radius 3 is 2.46 bits per heavy atom. The number of nitrogens with zero attached hydrogens (tertiary/aromatic N) is 4. The lowest BCUT2D eigenvalue weighted by Gasteiger charge is -2.43. The standard InChI is InChI=1S/C17H21N5O5S/c1-19-15(18)14(16(24)20(2)17(19)25)28(26,27)21-7-10-6-11(9-21)12-4-3-5-13(23)22(12)8-10/h3-5,10-11,14,18H,6-9H2,1-2H3/p+1. The number of piperidine rings is 1. The van der Waals surface area contributed by atoms with Crippen LogP contribution in [0.3, 0.4) is 0 Å². The highest BCUT2D eigenvalue weighted by Gasteiger charge is 2.55. The van der Waals surface area contributed by atoms with Crippen molar-refractivity contribution in [3.05, 3.63) is 34.2 Å². The number of rotatable bonds is 2. The summed E-state index contributed by atoms with van der Waals surface area (Å²) in [5.41, 5.74) is 0.713. The topological polar surface area (TPSA) is 126 Å². The van der Waals surface area contributed by atoms with Crippen LogP contribution in [0.1, 0.15) is 18.0 Å². The van der Waals surface area contributed by atoms with E-state index >= 15 is 0 Å². The Bertz CT molecular complexity index is 1020. The minimum absolute atomic E-state index is 0.0295. The Kier molecular flexibility index (Phi) is 4.19. The molecule has 2 N–H and O–H groups in total. The molecule has 0 spiro atoms. The van der Waals surface area contributed by atoms with Crippen LogP contribution >= 0.6 is 0 Å². The van der Waals surface area contributed by atoms with E-state index in [1.165, 1.54) is 24.5 Å². The van der Waals surface area contributed by atoms with Crippen LogP contribution in [0.4, 0.5) is 4.79 Å². The smallest absolute Gasteiger partial charge is 0.312 e. The highest BCUT2D eigenvalue weighted by molar-refractivity contribution is 7.91. The van der Waals surface area contributed by atoms with Gasteiger partial charge in [-0.2, -0.15) is 9.21 Å². The van der Waals surface area contributed by atoms with Gasteiger partial charge in [0.25, 0.3) is 22.6 Å². The first-order valence-corrected chi connectivity index (χ1v) is 10.5. The first-order valence-electron chi connectivity index (χ1n) is 8.99. The fourth-order valence-corrected chi connectivity index (χ4v) is 6.38. The van der Waals surface area contributed by atoms with Crippen molar-refractivity contribution in [1.29, 1.82) is 0 Å². The average molecular weight is 408 g/mol. The van der Waals surface area contributed by atoms with Gasteiger partial charge in [0.2, 0.25) is 10.0 Å². The molecule has 0 radical (unpaired) electrons. The van der Waals surface area contributed by atoms with E-state index in [-0.39, 0.29) is 36.3 Å². The molecule has 10 nitrogen and oxygen atoms in total. The van der Waals surface area contributed by atoms with Crippen LogP contribution in [-0.4, -0.2) is 77.3 Å². The normalized spacial score (nSPS) is 28.5. The van der Waals surface area contributed by atoms with E-state index in [2.05, 4.69) is 0 Å². The molecule has 2 saturated heterocycles. The number of hydrogen-bond donors (Lipinski definition) is 1. The molecule has 2 bridgehead atoms. The van der Waals surface area contributed by atoms with Gasteiger partial charge in [0, 0.05) is 44.4 Å². The maximum atomic E-state index is 13.3. The van der Waals surface area contributed by atoms with E-state index in [1.807, 2.05) is 6.07 Å². The Hall–Kier alpha value is -2.53. The first-order chi connectivity index (χ1) is 13.1. The van der Waals surface area contributed by atoms with Crippen molar-refractivity contribution in [1.82, 2.24) is 18.7 Å². The van der Waals surface area contributed by atoms with E-state index in [9.17, 15) is 22.8 Å². The molecule has 4 rings (SSSR count). The molecule has 3 amide bonds. The lowest BCUT2D eigenvalue weighted by molar-refractivity contribution is -0.140. The SMILES string of the molecule is CN1C(=[NH2+])C(S(=O)(=O)N2CC3CC(C2)c2cccc(=O)n2C3)C(=O)N(C)C1=O. The summed E-state index contributed by atoms with van der Waals surface area (Å²) in [6.07, 6.45) is 0.783. The number of amides is 3. The molecule has 3 aliphatic rings. The Morgan fingerprint density at radius 1 is 1.04 bits per heavy atom. The molecule has 2 fully saturated rings. The zero-order valence-electron chi connectivity index (χ0n) is 15.6.